The molecule has 4 aliphatic heterocycles. The summed E-state index contributed by atoms with van der Waals surface area (Å²) < 4.78 is 67.7. The lowest BCUT2D eigenvalue weighted by atomic mass is 9.75. The highest BCUT2D eigenvalue weighted by Gasteiger charge is 2.76. The zero-order valence-corrected chi connectivity index (χ0v) is 20.0. The summed E-state index contributed by atoms with van der Waals surface area (Å²) in [6.07, 6.45) is -7.66. The number of amides is 3. The third kappa shape index (κ3) is 3.17. The molecule has 6 nitrogen and oxygen atoms in total. The molecule has 3 amide bonds. The van der Waals surface area contributed by atoms with E-state index < -0.39 is 65.2 Å². The van der Waals surface area contributed by atoms with Gasteiger partial charge in [-0.1, -0.05) is 29.3 Å². The van der Waals surface area contributed by atoms with Crippen LogP contribution in [0.5, 0.6) is 0 Å². The summed E-state index contributed by atoms with van der Waals surface area (Å²) in [7, 11) is 0. The van der Waals surface area contributed by atoms with Crippen molar-refractivity contribution in [1.29, 1.82) is 0 Å². The van der Waals surface area contributed by atoms with Gasteiger partial charge in [0.1, 0.15) is 5.54 Å². The fraction of sp³-hybridized carbons (Fsp3) is 0.375. The van der Waals surface area contributed by atoms with Gasteiger partial charge in [-0.15, -0.1) is 0 Å². The van der Waals surface area contributed by atoms with Gasteiger partial charge in [-0.05, 0) is 36.8 Å². The van der Waals surface area contributed by atoms with E-state index in [1.54, 1.807) is 0 Å². The zero-order valence-electron chi connectivity index (χ0n) is 18.5. The molecule has 4 aliphatic rings. The van der Waals surface area contributed by atoms with Crippen LogP contribution in [0.2, 0.25) is 10.0 Å². The third-order valence-corrected chi connectivity index (χ3v) is 8.40. The molecule has 13 heteroatoms. The molecule has 1 N–H and O–H groups in total. The average molecular weight is 560 g/mol. The Kier molecular flexibility index (Phi) is 5.23. The number of fused-ring (bicyclic) bond motifs is 7. The van der Waals surface area contributed by atoms with Gasteiger partial charge in [-0.2, -0.15) is 13.2 Å². The Labute approximate surface area is 216 Å². The van der Waals surface area contributed by atoms with Gasteiger partial charge in [0.15, 0.2) is 0 Å². The topological polar surface area (TPSA) is 69.7 Å². The lowest BCUT2D eigenvalue weighted by Crippen LogP contribution is -2.54. The van der Waals surface area contributed by atoms with Crippen LogP contribution in [-0.2, 0) is 26.1 Å². The molecular weight excluding hydrogens is 544 g/mol. The minimum Gasteiger partial charge on any atom is -0.323 e. The molecular formula is C24H16Cl2F5N3O3. The number of nitrogens with zero attached hydrogens (tertiary/aromatic N) is 2. The summed E-state index contributed by atoms with van der Waals surface area (Å²) in [5.41, 5.74) is -2.94. The molecule has 3 saturated heterocycles. The van der Waals surface area contributed by atoms with E-state index in [9.17, 15) is 36.3 Å². The van der Waals surface area contributed by atoms with E-state index >= 15 is 0 Å². The van der Waals surface area contributed by atoms with Crippen molar-refractivity contribution < 1.29 is 36.3 Å². The second kappa shape index (κ2) is 7.87. The van der Waals surface area contributed by atoms with Crippen molar-refractivity contribution in [2.24, 2.45) is 17.8 Å². The summed E-state index contributed by atoms with van der Waals surface area (Å²) >= 11 is 12.5. The van der Waals surface area contributed by atoms with Crippen molar-refractivity contribution >= 4 is 52.3 Å². The normalized spacial score (nSPS) is 30.9. The molecule has 0 aliphatic carbocycles. The SMILES string of the molecule is O=C1C2C3CC(C(F)F)CN3C3(C(=O)Nc4c(Cl)cc(Cl)cc43)C2C(=O)N1c1cccc(C(F)(F)F)c1. The molecule has 37 heavy (non-hydrogen) atoms. The monoisotopic (exact) mass is 559 g/mol. The first-order valence-corrected chi connectivity index (χ1v) is 12.0. The standard InChI is InChI=1S/C24H16Cl2F5N3O3/c25-11-6-13-18(14(26)7-11)32-22(37)23(13)17-16(15-4-9(19(27)28)8-33(15)23)20(35)34(21(17)36)12-3-1-2-10(5-12)24(29,30)31/h1-3,5-7,9,15-17,19H,4,8H2,(H,32,37). The summed E-state index contributed by atoms with van der Waals surface area (Å²) in [4.78, 5) is 43.4. The van der Waals surface area contributed by atoms with Crippen molar-refractivity contribution in [3.63, 3.8) is 0 Å². The van der Waals surface area contributed by atoms with Crippen LogP contribution in [0.3, 0.4) is 0 Å². The highest BCUT2D eigenvalue weighted by molar-refractivity contribution is 6.38. The van der Waals surface area contributed by atoms with E-state index in [2.05, 4.69) is 5.32 Å². The number of benzene rings is 2. The first-order chi connectivity index (χ1) is 17.4. The number of alkyl halides is 5. The number of rotatable bonds is 2. The van der Waals surface area contributed by atoms with Crippen LogP contribution >= 0.6 is 23.2 Å². The van der Waals surface area contributed by atoms with Crippen LogP contribution in [0.25, 0.3) is 0 Å². The van der Waals surface area contributed by atoms with Gasteiger partial charge in [0, 0.05) is 29.1 Å². The molecule has 2 aromatic rings. The maximum atomic E-state index is 13.9. The van der Waals surface area contributed by atoms with E-state index in [-0.39, 0.29) is 39.9 Å². The molecule has 194 valence electrons. The van der Waals surface area contributed by atoms with E-state index in [0.717, 1.165) is 12.1 Å². The lowest BCUT2D eigenvalue weighted by molar-refractivity contribution is -0.137. The Balaban J connectivity index is 1.55. The highest BCUT2D eigenvalue weighted by Crippen LogP contribution is 2.62. The van der Waals surface area contributed by atoms with Crippen LogP contribution in [0.1, 0.15) is 17.5 Å². The second-order valence-electron chi connectivity index (χ2n) is 9.64. The van der Waals surface area contributed by atoms with Gasteiger partial charge in [0.2, 0.25) is 18.2 Å². The molecule has 6 rings (SSSR count). The number of hydrogen-bond acceptors (Lipinski definition) is 4. The summed E-state index contributed by atoms with van der Waals surface area (Å²) in [6.45, 7) is -0.267. The van der Waals surface area contributed by atoms with Crippen LogP contribution in [0.4, 0.5) is 33.3 Å². The number of hydrogen-bond donors (Lipinski definition) is 1. The van der Waals surface area contributed by atoms with Gasteiger partial charge >= 0.3 is 6.18 Å². The van der Waals surface area contributed by atoms with Crippen LogP contribution < -0.4 is 10.2 Å². The Morgan fingerprint density at radius 1 is 1.05 bits per heavy atom. The van der Waals surface area contributed by atoms with E-state index in [1.165, 1.54) is 23.1 Å². The van der Waals surface area contributed by atoms with Crippen LogP contribution in [0.15, 0.2) is 36.4 Å². The van der Waals surface area contributed by atoms with Crippen LogP contribution in [0, 0.1) is 17.8 Å². The fourth-order valence-electron chi connectivity index (χ4n) is 6.53. The first-order valence-electron chi connectivity index (χ1n) is 11.3. The van der Waals surface area contributed by atoms with Crippen molar-refractivity contribution in [3.05, 3.63) is 57.6 Å². The van der Waals surface area contributed by atoms with E-state index in [0.29, 0.717) is 11.0 Å². The molecule has 5 atom stereocenters. The summed E-state index contributed by atoms with van der Waals surface area (Å²) in [5, 5.41) is 2.80. The number of imide groups is 1. The summed E-state index contributed by atoms with van der Waals surface area (Å²) in [6, 6.07) is 5.57. The first kappa shape index (κ1) is 24.6. The van der Waals surface area contributed by atoms with Gasteiger partial charge < -0.3 is 5.32 Å². The number of nitrogens with one attached hydrogen (secondary N) is 1. The Morgan fingerprint density at radius 3 is 2.46 bits per heavy atom. The molecule has 0 aromatic heterocycles. The lowest BCUT2D eigenvalue weighted by Gasteiger charge is -2.37. The largest absolute Gasteiger partial charge is 0.416 e. The number of carbonyl (C=O) groups is 3. The van der Waals surface area contributed by atoms with Gasteiger partial charge in [0.05, 0.1) is 33.8 Å². The third-order valence-electron chi connectivity index (χ3n) is 7.88. The Morgan fingerprint density at radius 2 is 1.78 bits per heavy atom. The van der Waals surface area contributed by atoms with Crippen molar-refractivity contribution in [3.8, 4) is 0 Å². The zero-order chi connectivity index (χ0) is 26.6. The van der Waals surface area contributed by atoms with E-state index in [1.807, 2.05) is 0 Å². The summed E-state index contributed by atoms with van der Waals surface area (Å²) in [5.74, 6) is -6.26. The van der Waals surface area contributed by atoms with Gasteiger partial charge in [-0.3, -0.25) is 19.3 Å². The number of anilines is 2. The van der Waals surface area contributed by atoms with Gasteiger partial charge in [-0.25, -0.2) is 13.7 Å². The maximum Gasteiger partial charge on any atom is 0.416 e. The molecule has 0 radical (unpaired) electrons. The Bertz CT molecular complexity index is 1390. The average Bonchev–Trinajstić information content (AvgIpc) is 3.50. The molecule has 2 aromatic carbocycles. The number of halogens is 7. The molecule has 0 saturated carbocycles. The van der Waals surface area contributed by atoms with Crippen LogP contribution in [-0.4, -0.2) is 41.6 Å². The quantitative estimate of drug-likeness (QED) is 0.418. The fourth-order valence-corrected chi connectivity index (χ4v) is 7.07. The minimum atomic E-state index is -4.73. The van der Waals surface area contributed by atoms with Gasteiger partial charge in [0.25, 0.3) is 5.91 Å². The highest BCUT2D eigenvalue weighted by atomic mass is 35.5. The molecule has 5 unspecified atom stereocenters. The predicted octanol–water partition coefficient (Wildman–Crippen LogP) is 4.93. The molecule has 1 spiro atoms. The van der Waals surface area contributed by atoms with E-state index in [4.69, 9.17) is 23.2 Å². The predicted molar refractivity (Wildman–Crippen MR) is 122 cm³/mol. The van der Waals surface area contributed by atoms with Crippen molar-refractivity contribution in [2.45, 2.75) is 30.6 Å². The minimum absolute atomic E-state index is 0.0591. The Hall–Kier alpha value is -2.76. The molecule has 0 bridgehead atoms. The van der Waals surface area contributed by atoms with Crippen molar-refractivity contribution in [2.75, 3.05) is 16.8 Å². The molecule has 3 fully saturated rings. The smallest absolute Gasteiger partial charge is 0.323 e. The number of carbonyl (C=O) groups excluding carboxylic acids is 3. The van der Waals surface area contributed by atoms with Crippen molar-refractivity contribution in [1.82, 2.24) is 4.90 Å². The molecule has 4 heterocycles. The second-order valence-corrected chi connectivity index (χ2v) is 10.5. The maximum absolute atomic E-state index is 13.9.